The second-order valence-corrected chi connectivity index (χ2v) is 5.85. The number of phenols is 1. The molecule has 4 rings (SSSR count). The van der Waals surface area contributed by atoms with Gasteiger partial charge in [-0.2, -0.15) is 0 Å². The molecule has 25 heavy (non-hydrogen) atoms. The summed E-state index contributed by atoms with van der Waals surface area (Å²) in [5.74, 6) is -0.810. The number of likely N-dealkylation sites (N-methyl/N-ethyl adjacent to an activating group) is 1. The van der Waals surface area contributed by atoms with Crippen molar-refractivity contribution < 1.29 is 28.9 Å². The molecule has 1 N–H and O–H groups in total. The molecule has 0 aromatic heterocycles. The third-order valence-electron chi connectivity index (χ3n) is 4.68. The lowest BCUT2D eigenvalue weighted by Gasteiger charge is -2.26. The molecule has 2 heterocycles. The van der Waals surface area contributed by atoms with Crippen LogP contribution in [-0.2, 0) is 19.7 Å². The molecule has 2 aliphatic heterocycles. The number of carbonyl (C=O) groups excluding carboxylic acids is 2. The molecule has 0 fully saturated rings. The van der Waals surface area contributed by atoms with E-state index in [0.717, 1.165) is 0 Å². The maximum absolute atomic E-state index is 13.2. The van der Waals surface area contributed by atoms with Crippen molar-refractivity contribution in [3.8, 4) is 17.2 Å². The van der Waals surface area contributed by atoms with Crippen molar-refractivity contribution in [2.24, 2.45) is 0 Å². The second-order valence-electron chi connectivity index (χ2n) is 5.85. The van der Waals surface area contributed by atoms with Crippen molar-refractivity contribution in [2.45, 2.75) is 5.41 Å². The molecular weight excluding hydrogens is 326 g/mol. The van der Waals surface area contributed by atoms with E-state index in [-0.39, 0.29) is 18.1 Å². The van der Waals surface area contributed by atoms with Crippen LogP contribution >= 0.6 is 0 Å². The van der Waals surface area contributed by atoms with Crippen LogP contribution in [0.1, 0.15) is 11.1 Å². The van der Waals surface area contributed by atoms with Gasteiger partial charge in [0.2, 0.25) is 12.2 Å². The van der Waals surface area contributed by atoms with Gasteiger partial charge in [0, 0.05) is 29.9 Å². The summed E-state index contributed by atoms with van der Waals surface area (Å²) in [5, 5.41) is 10.6. The molecule has 0 saturated heterocycles. The predicted molar refractivity (Wildman–Crippen MR) is 86.9 cm³/mol. The number of anilines is 1. The van der Waals surface area contributed by atoms with Gasteiger partial charge in [0.1, 0.15) is 5.75 Å². The Morgan fingerprint density at radius 3 is 2.60 bits per heavy atom. The maximum atomic E-state index is 13.2. The van der Waals surface area contributed by atoms with Gasteiger partial charge in [-0.1, -0.05) is 18.2 Å². The number of fused-ring (bicyclic) bond motifs is 2. The van der Waals surface area contributed by atoms with Crippen molar-refractivity contribution in [1.82, 2.24) is 0 Å². The van der Waals surface area contributed by atoms with Gasteiger partial charge in [0.05, 0.1) is 7.11 Å². The van der Waals surface area contributed by atoms with E-state index in [1.165, 1.54) is 24.1 Å². The highest BCUT2D eigenvalue weighted by atomic mass is 16.7. The summed E-state index contributed by atoms with van der Waals surface area (Å²) >= 11 is 0. The number of methoxy groups -OCH3 is 1. The molecule has 1 amide bonds. The number of benzene rings is 2. The number of phenolic OH excluding ortho intramolecular Hbond substituents is 1. The van der Waals surface area contributed by atoms with Crippen LogP contribution in [0.15, 0.2) is 36.4 Å². The molecule has 2 aromatic carbocycles. The van der Waals surface area contributed by atoms with E-state index >= 15 is 0 Å². The molecule has 0 aliphatic carbocycles. The number of rotatable bonds is 2. The van der Waals surface area contributed by atoms with Gasteiger partial charge in [0.25, 0.3) is 5.91 Å². The fraction of sp³-hybridized carbons (Fsp3) is 0.222. The summed E-state index contributed by atoms with van der Waals surface area (Å²) in [6.45, 7) is 0.00782. The summed E-state index contributed by atoms with van der Waals surface area (Å²) in [5.41, 5.74) is -0.672. The first kappa shape index (κ1) is 15.3. The number of hydrogen-bond acceptors (Lipinski definition) is 6. The third-order valence-corrected chi connectivity index (χ3v) is 4.68. The van der Waals surface area contributed by atoms with Gasteiger partial charge in [-0.25, -0.2) is 0 Å². The van der Waals surface area contributed by atoms with Crippen LogP contribution in [-0.4, -0.2) is 37.9 Å². The average molecular weight is 341 g/mol. The molecule has 128 valence electrons. The second kappa shape index (κ2) is 5.14. The zero-order chi connectivity index (χ0) is 17.8. The molecule has 7 nitrogen and oxygen atoms in total. The fourth-order valence-corrected chi connectivity index (χ4v) is 3.51. The van der Waals surface area contributed by atoms with Crippen molar-refractivity contribution in [3.05, 3.63) is 47.5 Å². The fourth-order valence-electron chi connectivity index (χ4n) is 3.51. The summed E-state index contributed by atoms with van der Waals surface area (Å²) in [6, 6.07) is 9.72. The predicted octanol–water partition coefficient (Wildman–Crippen LogP) is 1.56. The number of amides is 1. The molecule has 0 saturated carbocycles. The van der Waals surface area contributed by atoms with Crippen molar-refractivity contribution in [3.63, 3.8) is 0 Å². The van der Waals surface area contributed by atoms with Crippen molar-refractivity contribution >= 4 is 17.6 Å². The summed E-state index contributed by atoms with van der Waals surface area (Å²) < 4.78 is 15.6. The molecule has 1 atom stereocenters. The minimum Gasteiger partial charge on any atom is -0.507 e. The monoisotopic (exact) mass is 341 g/mol. The normalized spacial score (nSPS) is 20.6. The Bertz CT molecular complexity index is 908. The Labute approximate surface area is 143 Å². The van der Waals surface area contributed by atoms with E-state index in [4.69, 9.17) is 14.2 Å². The number of aromatic hydroxyl groups is 1. The van der Waals surface area contributed by atoms with E-state index in [9.17, 15) is 14.7 Å². The largest absolute Gasteiger partial charge is 0.507 e. The lowest BCUT2D eigenvalue weighted by Crippen LogP contribution is -2.46. The molecule has 0 spiro atoms. The standard InChI is InChI=1S/C18H15NO6/c1-19-12-6-4-3-5-10(12)18(16(19)21,17(22)23-2)11-7-14-15(8-13(11)20)25-9-24-14/h3-8,20H,9H2,1-2H3/t18-/m0/s1. The Hall–Kier alpha value is -3.22. The van der Waals surface area contributed by atoms with Crippen LogP contribution < -0.4 is 14.4 Å². The molecule has 0 unspecified atom stereocenters. The SMILES string of the molecule is COC(=O)[C@@]1(c2cc3c(cc2O)OCO3)C(=O)N(C)c2ccccc21. The summed E-state index contributed by atoms with van der Waals surface area (Å²) in [6.07, 6.45) is 0. The molecule has 2 aliphatic rings. The minimum absolute atomic E-state index is 0.00782. The number of carbonyl (C=O) groups is 2. The first-order valence-electron chi connectivity index (χ1n) is 7.61. The Morgan fingerprint density at radius 2 is 1.88 bits per heavy atom. The molecule has 0 bridgehead atoms. The van der Waals surface area contributed by atoms with Gasteiger partial charge in [-0.3, -0.25) is 9.59 Å². The number of esters is 1. The third kappa shape index (κ3) is 1.80. The first-order valence-corrected chi connectivity index (χ1v) is 7.61. The smallest absolute Gasteiger partial charge is 0.330 e. The Morgan fingerprint density at radius 1 is 1.20 bits per heavy atom. The minimum atomic E-state index is -1.80. The van der Waals surface area contributed by atoms with Gasteiger partial charge in [-0.15, -0.1) is 0 Å². The van der Waals surface area contributed by atoms with Gasteiger partial charge >= 0.3 is 5.97 Å². The van der Waals surface area contributed by atoms with E-state index in [1.807, 2.05) is 0 Å². The van der Waals surface area contributed by atoms with Crippen molar-refractivity contribution in [2.75, 3.05) is 25.9 Å². The van der Waals surface area contributed by atoms with E-state index < -0.39 is 17.3 Å². The molecule has 0 radical (unpaired) electrons. The zero-order valence-electron chi connectivity index (χ0n) is 13.6. The highest BCUT2D eigenvalue weighted by molar-refractivity contribution is 6.23. The van der Waals surface area contributed by atoms with Crippen LogP contribution in [0.25, 0.3) is 0 Å². The van der Waals surface area contributed by atoms with Gasteiger partial charge in [0.15, 0.2) is 11.5 Å². The van der Waals surface area contributed by atoms with Gasteiger partial charge in [-0.05, 0) is 12.1 Å². The Balaban J connectivity index is 2.07. The molecular formula is C18H15NO6. The summed E-state index contributed by atoms with van der Waals surface area (Å²) in [7, 11) is 2.79. The molecule has 2 aromatic rings. The van der Waals surface area contributed by atoms with E-state index in [0.29, 0.717) is 22.7 Å². The highest BCUT2D eigenvalue weighted by Gasteiger charge is 2.59. The number of ether oxygens (including phenoxy) is 3. The van der Waals surface area contributed by atoms with Crippen LogP contribution in [0.2, 0.25) is 0 Å². The highest BCUT2D eigenvalue weighted by Crippen LogP contribution is 2.51. The van der Waals surface area contributed by atoms with E-state index in [1.54, 1.807) is 31.3 Å². The average Bonchev–Trinajstić information content (AvgIpc) is 3.16. The quantitative estimate of drug-likeness (QED) is 0.659. The van der Waals surface area contributed by atoms with E-state index in [2.05, 4.69) is 0 Å². The number of hydrogen-bond donors (Lipinski definition) is 1. The van der Waals surface area contributed by atoms with Crippen LogP contribution in [0.3, 0.4) is 0 Å². The number of para-hydroxylation sites is 1. The van der Waals surface area contributed by atoms with Crippen LogP contribution in [0, 0.1) is 0 Å². The van der Waals surface area contributed by atoms with Crippen LogP contribution in [0.4, 0.5) is 5.69 Å². The maximum Gasteiger partial charge on any atom is 0.330 e. The Kier molecular flexibility index (Phi) is 3.15. The number of nitrogens with zero attached hydrogens (tertiary/aromatic N) is 1. The summed E-state index contributed by atoms with van der Waals surface area (Å²) in [4.78, 5) is 27.4. The topological polar surface area (TPSA) is 85.3 Å². The lowest BCUT2D eigenvalue weighted by molar-refractivity contribution is -0.149. The van der Waals surface area contributed by atoms with Crippen LogP contribution in [0.5, 0.6) is 17.2 Å². The van der Waals surface area contributed by atoms with Crippen molar-refractivity contribution in [1.29, 1.82) is 0 Å². The zero-order valence-corrected chi connectivity index (χ0v) is 13.6. The first-order chi connectivity index (χ1) is 12.0. The lowest BCUT2D eigenvalue weighted by atomic mass is 9.74. The van der Waals surface area contributed by atoms with Gasteiger partial charge < -0.3 is 24.2 Å². The molecule has 7 heteroatoms.